The van der Waals surface area contributed by atoms with Crippen LogP contribution in [0.25, 0.3) is 0 Å². The van der Waals surface area contributed by atoms with Crippen molar-refractivity contribution in [3.63, 3.8) is 0 Å². The zero-order chi connectivity index (χ0) is 23.4. The Kier molecular flexibility index (Phi) is 7.71. The second kappa shape index (κ2) is 10.1. The van der Waals surface area contributed by atoms with Gasteiger partial charge < -0.3 is 5.32 Å². The van der Waals surface area contributed by atoms with Crippen LogP contribution in [0.5, 0.6) is 0 Å². The molecule has 0 atom stereocenters. The summed E-state index contributed by atoms with van der Waals surface area (Å²) in [5.41, 5.74) is 0.983. The third kappa shape index (κ3) is 5.55. The van der Waals surface area contributed by atoms with Gasteiger partial charge in [0.1, 0.15) is 0 Å². The number of amides is 1. The molecule has 1 fully saturated rings. The number of benzene rings is 2. The van der Waals surface area contributed by atoms with Gasteiger partial charge in [0, 0.05) is 39.3 Å². The predicted octanol–water partition coefficient (Wildman–Crippen LogP) is 2.43. The number of carbonyl (C=O) groups excluding carboxylic acids is 1. The SMILES string of the molecule is CN(C)S(=O)(=O)c1ccc(CNC(=O)c2cccc(S(=O)(=O)N3CCCCCC3)c2)cc1. The summed E-state index contributed by atoms with van der Waals surface area (Å²) < 4.78 is 52.9. The molecule has 174 valence electrons. The van der Waals surface area contributed by atoms with Crippen LogP contribution in [0.1, 0.15) is 41.6 Å². The Balaban J connectivity index is 1.69. The Morgan fingerprint density at radius 2 is 1.53 bits per heavy atom. The number of nitrogens with zero attached hydrogens (tertiary/aromatic N) is 2. The lowest BCUT2D eigenvalue weighted by Gasteiger charge is -2.20. The van der Waals surface area contributed by atoms with Crippen molar-refractivity contribution in [2.24, 2.45) is 0 Å². The molecule has 1 saturated heterocycles. The first-order chi connectivity index (χ1) is 15.1. The van der Waals surface area contributed by atoms with Gasteiger partial charge in [0.25, 0.3) is 5.91 Å². The molecule has 2 aromatic carbocycles. The zero-order valence-corrected chi connectivity index (χ0v) is 20.0. The molecule has 32 heavy (non-hydrogen) atoms. The van der Waals surface area contributed by atoms with E-state index in [1.807, 2.05) is 0 Å². The Hall–Kier alpha value is -2.27. The van der Waals surface area contributed by atoms with E-state index in [-0.39, 0.29) is 21.9 Å². The molecule has 0 unspecified atom stereocenters. The summed E-state index contributed by atoms with van der Waals surface area (Å²) in [7, 11) is -4.23. The highest BCUT2D eigenvalue weighted by Crippen LogP contribution is 2.21. The number of sulfonamides is 2. The lowest BCUT2D eigenvalue weighted by atomic mass is 10.2. The fraction of sp³-hybridized carbons (Fsp3) is 0.409. The number of nitrogens with one attached hydrogen (secondary N) is 1. The molecule has 1 amide bonds. The summed E-state index contributed by atoms with van der Waals surface area (Å²) in [6.07, 6.45) is 3.73. The molecule has 0 saturated carbocycles. The molecular formula is C22H29N3O5S2. The van der Waals surface area contributed by atoms with Crippen LogP contribution in [-0.2, 0) is 26.6 Å². The van der Waals surface area contributed by atoms with Gasteiger partial charge in [0.2, 0.25) is 20.0 Å². The molecule has 10 heteroatoms. The summed E-state index contributed by atoms with van der Waals surface area (Å²) in [5.74, 6) is -0.400. The second-order valence-electron chi connectivity index (χ2n) is 7.96. The molecule has 0 spiro atoms. The lowest BCUT2D eigenvalue weighted by Crippen LogP contribution is -2.32. The Morgan fingerprint density at radius 3 is 2.12 bits per heavy atom. The molecule has 0 bridgehead atoms. The van der Waals surface area contributed by atoms with Crippen molar-refractivity contribution in [3.8, 4) is 0 Å². The molecule has 1 N–H and O–H groups in total. The average Bonchev–Trinajstić information content (AvgIpc) is 3.08. The maximum Gasteiger partial charge on any atom is 0.251 e. The minimum absolute atomic E-state index is 0.116. The maximum absolute atomic E-state index is 13.0. The molecule has 0 aromatic heterocycles. The molecule has 8 nitrogen and oxygen atoms in total. The standard InChI is InChI=1S/C22H29N3O5S2/c1-24(2)31(27,28)20-12-10-18(11-13-20)17-23-22(26)19-8-7-9-21(16-19)32(29,30)25-14-5-3-4-6-15-25/h7-13,16H,3-6,14-15,17H2,1-2H3,(H,23,26). The van der Waals surface area contributed by atoms with E-state index in [9.17, 15) is 21.6 Å². The fourth-order valence-corrected chi connectivity index (χ4v) is 5.97. The van der Waals surface area contributed by atoms with E-state index in [0.717, 1.165) is 35.6 Å². The average molecular weight is 480 g/mol. The summed E-state index contributed by atoms with van der Waals surface area (Å²) >= 11 is 0. The summed E-state index contributed by atoms with van der Waals surface area (Å²) in [5, 5.41) is 2.76. The van der Waals surface area contributed by atoms with Crippen molar-refractivity contribution < 1.29 is 21.6 Å². The fourth-order valence-electron chi connectivity index (χ4n) is 3.50. The molecule has 1 heterocycles. The molecule has 0 aliphatic carbocycles. The van der Waals surface area contributed by atoms with Crippen molar-refractivity contribution in [1.82, 2.24) is 13.9 Å². The number of hydrogen-bond acceptors (Lipinski definition) is 5. The van der Waals surface area contributed by atoms with Gasteiger partial charge in [-0.3, -0.25) is 4.79 Å². The quantitative estimate of drug-likeness (QED) is 0.657. The zero-order valence-electron chi connectivity index (χ0n) is 18.3. The molecule has 1 aliphatic heterocycles. The third-order valence-electron chi connectivity index (χ3n) is 5.45. The van der Waals surface area contributed by atoms with Crippen LogP contribution in [0.15, 0.2) is 58.3 Å². The first-order valence-corrected chi connectivity index (χ1v) is 13.4. The van der Waals surface area contributed by atoms with E-state index in [1.165, 1.54) is 42.7 Å². The maximum atomic E-state index is 13.0. The monoisotopic (exact) mass is 479 g/mol. The Bertz CT molecular complexity index is 1150. The lowest BCUT2D eigenvalue weighted by molar-refractivity contribution is 0.0950. The summed E-state index contributed by atoms with van der Waals surface area (Å²) in [6, 6.07) is 12.3. The van der Waals surface area contributed by atoms with Gasteiger partial charge in [-0.1, -0.05) is 31.0 Å². The minimum Gasteiger partial charge on any atom is -0.348 e. The minimum atomic E-state index is -3.64. The van der Waals surface area contributed by atoms with Crippen molar-refractivity contribution >= 4 is 26.0 Å². The predicted molar refractivity (Wildman–Crippen MR) is 122 cm³/mol. The second-order valence-corrected chi connectivity index (χ2v) is 12.0. The van der Waals surface area contributed by atoms with Crippen molar-refractivity contribution in [2.45, 2.75) is 42.0 Å². The number of rotatable bonds is 7. The van der Waals surface area contributed by atoms with Crippen LogP contribution in [0, 0.1) is 0 Å². The molecule has 0 radical (unpaired) electrons. The highest BCUT2D eigenvalue weighted by molar-refractivity contribution is 7.89. The van der Waals surface area contributed by atoms with Crippen molar-refractivity contribution in [3.05, 3.63) is 59.7 Å². The topological polar surface area (TPSA) is 104 Å². The molecule has 1 aliphatic rings. The van der Waals surface area contributed by atoms with E-state index in [4.69, 9.17) is 0 Å². The van der Waals surface area contributed by atoms with E-state index in [0.29, 0.717) is 13.1 Å². The van der Waals surface area contributed by atoms with Gasteiger partial charge in [-0.05, 0) is 48.7 Å². The highest BCUT2D eigenvalue weighted by Gasteiger charge is 2.25. The normalized spacial score (nSPS) is 16.0. The van der Waals surface area contributed by atoms with E-state index < -0.39 is 26.0 Å². The molecule has 3 rings (SSSR count). The highest BCUT2D eigenvalue weighted by atomic mass is 32.2. The van der Waals surface area contributed by atoms with Crippen LogP contribution in [0.4, 0.5) is 0 Å². The van der Waals surface area contributed by atoms with Crippen molar-refractivity contribution in [1.29, 1.82) is 0 Å². The van der Waals surface area contributed by atoms with E-state index in [1.54, 1.807) is 24.3 Å². The van der Waals surface area contributed by atoms with E-state index >= 15 is 0 Å². The van der Waals surface area contributed by atoms with Gasteiger partial charge in [-0.25, -0.2) is 21.1 Å². The van der Waals surface area contributed by atoms with Gasteiger partial charge >= 0.3 is 0 Å². The number of hydrogen-bond donors (Lipinski definition) is 1. The Labute approximate surface area is 190 Å². The van der Waals surface area contributed by atoms with Gasteiger partial charge in [0.05, 0.1) is 9.79 Å². The van der Waals surface area contributed by atoms with Crippen LogP contribution in [0.3, 0.4) is 0 Å². The molecular weight excluding hydrogens is 450 g/mol. The van der Waals surface area contributed by atoms with Crippen LogP contribution < -0.4 is 5.32 Å². The first kappa shape index (κ1) is 24.4. The van der Waals surface area contributed by atoms with Crippen molar-refractivity contribution in [2.75, 3.05) is 27.2 Å². The smallest absolute Gasteiger partial charge is 0.251 e. The van der Waals surface area contributed by atoms with Gasteiger partial charge in [-0.15, -0.1) is 0 Å². The van der Waals surface area contributed by atoms with Crippen LogP contribution >= 0.6 is 0 Å². The van der Waals surface area contributed by atoms with E-state index in [2.05, 4.69) is 5.32 Å². The third-order valence-corrected chi connectivity index (χ3v) is 9.18. The largest absolute Gasteiger partial charge is 0.348 e. The first-order valence-electron chi connectivity index (χ1n) is 10.5. The van der Waals surface area contributed by atoms with Crippen LogP contribution in [-0.4, -0.2) is 58.5 Å². The van der Waals surface area contributed by atoms with Crippen LogP contribution in [0.2, 0.25) is 0 Å². The summed E-state index contributed by atoms with van der Waals surface area (Å²) in [4.78, 5) is 12.9. The Morgan fingerprint density at radius 1 is 0.906 bits per heavy atom. The summed E-state index contributed by atoms with van der Waals surface area (Å²) in [6.45, 7) is 1.18. The van der Waals surface area contributed by atoms with Gasteiger partial charge in [-0.2, -0.15) is 4.31 Å². The molecule has 2 aromatic rings. The number of carbonyl (C=O) groups is 1. The van der Waals surface area contributed by atoms with Gasteiger partial charge in [0.15, 0.2) is 0 Å².